The van der Waals surface area contributed by atoms with Crippen molar-refractivity contribution in [2.45, 2.75) is 40.0 Å². The first kappa shape index (κ1) is 14.4. The van der Waals surface area contributed by atoms with Crippen molar-refractivity contribution in [3.05, 3.63) is 47.0 Å². The molecule has 0 bridgehead atoms. The maximum absolute atomic E-state index is 10.4. The van der Waals surface area contributed by atoms with Crippen LogP contribution in [0.15, 0.2) is 30.3 Å². The molecule has 106 valence electrons. The van der Waals surface area contributed by atoms with Crippen molar-refractivity contribution in [1.29, 1.82) is 0 Å². The Balaban J connectivity index is 2.67. The van der Waals surface area contributed by atoms with E-state index in [-0.39, 0.29) is 11.5 Å². The van der Waals surface area contributed by atoms with E-state index < -0.39 is 0 Å². The monoisotopic (exact) mass is 270 g/mol. The molecule has 0 aliphatic carbocycles. The molecule has 2 rings (SSSR count). The Bertz CT molecular complexity index is 593. The van der Waals surface area contributed by atoms with E-state index >= 15 is 0 Å². The fourth-order valence-electron chi connectivity index (χ4n) is 2.51. The minimum absolute atomic E-state index is 0.134. The van der Waals surface area contributed by atoms with Gasteiger partial charge in [-0.05, 0) is 47.6 Å². The van der Waals surface area contributed by atoms with Gasteiger partial charge in [0, 0.05) is 0 Å². The maximum atomic E-state index is 10.4. The normalized spacial score (nSPS) is 10.8. The summed E-state index contributed by atoms with van der Waals surface area (Å²) in [5, 5.41) is 20.5. The van der Waals surface area contributed by atoms with E-state index in [1.165, 1.54) is 11.1 Å². The van der Waals surface area contributed by atoms with Gasteiger partial charge in [-0.1, -0.05) is 45.0 Å². The van der Waals surface area contributed by atoms with Gasteiger partial charge in [0.1, 0.15) is 11.5 Å². The Kier molecular flexibility index (Phi) is 4.33. The van der Waals surface area contributed by atoms with Gasteiger partial charge in [0.15, 0.2) is 0 Å². The zero-order valence-corrected chi connectivity index (χ0v) is 12.4. The Morgan fingerprint density at radius 2 is 1.40 bits per heavy atom. The topological polar surface area (TPSA) is 40.5 Å². The maximum Gasteiger partial charge on any atom is 0.130 e. The average Bonchev–Trinajstić information content (AvgIpc) is 2.47. The lowest BCUT2D eigenvalue weighted by Gasteiger charge is -2.13. The molecule has 2 aromatic carbocycles. The largest absolute Gasteiger partial charge is 0.507 e. The van der Waals surface area contributed by atoms with E-state index in [0.29, 0.717) is 5.56 Å². The summed E-state index contributed by atoms with van der Waals surface area (Å²) in [7, 11) is 0. The van der Waals surface area contributed by atoms with Gasteiger partial charge in [-0.3, -0.25) is 0 Å². The molecule has 0 fully saturated rings. The zero-order chi connectivity index (χ0) is 14.7. The number of phenols is 2. The first-order valence-corrected chi connectivity index (χ1v) is 7.27. The van der Waals surface area contributed by atoms with Gasteiger partial charge in [0.25, 0.3) is 0 Å². The molecule has 0 amide bonds. The summed E-state index contributed by atoms with van der Waals surface area (Å²) in [6, 6.07) is 9.72. The van der Waals surface area contributed by atoms with Crippen LogP contribution in [0.25, 0.3) is 11.1 Å². The van der Waals surface area contributed by atoms with E-state index in [0.717, 1.165) is 30.4 Å². The minimum Gasteiger partial charge on any atom is -0.507 e. The van der Waals surface area contributed by atoms with Crippen LogP contribution >= 0.6 is 0 Å². The zero-order valence-electron chi connectivity index (χ0n) is 12.4. The number of aromatic hydroxyl groups is 2. The summed E-state index contributed by atoms with van der Waals surface area (Å²) >= 11 is 0. The number of rotatable bonds is 4. The lowest BCUT2D eigenvalue weighted by Crippen LogP contribution is -1.91. The molecule has 2 N–H and O–H groups in total. The van der Waals surface area contributed by atoms with Crippen molar-refractivity contribution in [3.63, 3.8) is 0 Å². The third kappa shape index (κ3) is 2.64. The van der Waals surface area contributed by atoms with E-state index in [4.69, 9.17) is 0 Å². The van der Waals surface area contributed by atoms with Crippen LogP contribution in [0.5, 0.6) is 11.5 Å². The Hall–Kier alpha value is -1.96. The number of benzene rings is 2. The molecule has 0 radical (unpaired) electrons. The van der Waals surface area contributed by atoms with Crippen molar-refractivity contribution in [3.8, 4) is 22.6 Å². The summed E-state index contributed by atoms with van der Waals surface area (Å²) in [4.78, 5) is 0. The lowest BCUT2D eigenvalue weighted by molar-refractivity contribution is 0.450. The van der Waals surface area contributed by atoms with Crippen molar-refractivity contribution < 1.29 is 10.2 Å². The van der Waals surface area contributed by atoms with E-state index in [1.807, 2.05) is 19.1 Å². The summed E-state index contributed by atoms with van der Waals surface area (Å²) < 4.78 is 0. The van der Waals surface area contributed by atoms with Crippen LogP contribution in [0.4, 0.5) is 0 Å². The van der Waals surface area contributed by atoms with Gasteiger partial charge in [-0.25, -0.2) is 0 Å². The van der Waals surface area contributed by atoms with Crippen LogP contribution in [-0.2, 0) is 19.3 Å². The molecule has 0 saturated heterocycles. The SMILES string of the molecule is CCc1cc(CC)cc(-c2c(O)ccc(CC)c2O)c1. The first-order valence-electron chi connectivity index (χ1n) is 7.27. The molecule has 20 heavy (non-hydrogen) atoms. The molecule has 0 saturated carbocycles. The average molecular weight is 270 g/mol. The van der Waals surface area contributed by atoms with E-state index in [1.54, 1.807) is 12.1 Å². The molecule has 0 heterocycles. The van der Waals surface area contributed by atoms with Crippen LogP contribution in [0.3, 0.4) is 0 Å². The predicted molar refractivity (Wildman–Crippen MR) is 83.3 cm³/mol. The van der Waals surface area contributed by atoms with Crippen LogP contribution in [-0.4, -0.2) is 10.2 Å². The number of hydrogen-bond acceptors (Lipinski definition) is 2. The number of hydrogen-bond donors (Lipinski definition) is 2. The van der Waals surface area contributed by atoms with Crippen LogP contribution < -0.4 is 0 Å². The molecule has 0 aliphatic rings. The van der Waals surface area contributed by atoms with Gasteiger partial charge in [0.05, 0.1) is 5.56 Å². The third-order valence-corrected chi connectivity index (χ3v) is 3.78. The van der Waals surface area contributed by atoms with Gasteiger partial charge in [-0.15, -0.1) is 0 Å². The summed E-state index contributed by atoms with van der Waals surface area (Å²) in [6.45, 7) is 6.22. The highest BCUT2D eigenvalue weighted by Crippen LogP contribution is 2.40. The van der Waals surface area contributed by atoms with Crippen LogP contribution in [0, 0.1) is 0 Å². The van der Waals surface area contributed by atoms with Gasteiger partial charge in [-0.2, -0.15) is 0 Å². The fourth-order valence-corrected chi connectivity index (χ4v) is 2.51. The Morgan fingerprint density at radius 3 is 1.90 bits per heavy atom. The van der Waals surface area contributed by atoms with Crippen LogP contribution in [0.2, 0.25) is 0 Å². The second kappa shape index (κ2) is 6.00. The summed E-state index contributed by atoms with van der Waals surface area (Å²) in [6.07, 6.45) is 2.62. The second-order valence-electron chi connectivity index (χ2n) is 5.07. The van der Waals surface area contributed by atoms with Crippen LogP contribution in [0.1, 0.15) is 37.5 Å². The molecule has 2 aromatic rings. The molecule has 0 spiro atoms. The first-order chi connectivity index (χ1) is 9.60. The second-order valence-corrected chi connectivity index (χ2v) is 5.07. The Labute approximate surface area is 120 Å². The molecular weight excluding hydrogens is 248 g/mol. The number of aryl methyl sites for hydroxylation is 3. The predicted octanol–water partition coefficient (Wildman–Crippen LogP) is 4.45. The summed E-state index contributed by atoms with van der Waals surface area (Å²) in [5.41, 5.74) is 4.75. The van der Waals surface area contributed by atoms with Gasteiger partial charge >= 0.3 is 0 Å². The number of phenolic OH excluding ortho intramolecular Hbond substituents is 2. The molecule has 0 aliphatic heterocycles. The van der Waals surface area contributed by atoms with E-state index in [2.05, 4.69) is 19.9 Å². The van der Waals surface area contributed by atoms with Crippen molar-refractivity contribution >= 4 is 0 Å². The minimum atomic E-state index is 0.134. The molecule has 0 aromatic heterocycles. The molecule has 2 heteroatoms. The van der Waals surface area contributed by atoms with E-state index in [9.17, 15) is 10.2 Å². The quantitative estimate of drug-likeness (QED) is 0.861. The highest BCUT2D eigenvalue weighted by atomic mass is 16.3. The standard InChI is InChI=1S/C18H22O2/c1-4-12-9-13(5-2)11-15(10-12)17-16(19)8-7-14(6-3)18(17)20/h7-11,19-20H,4-6H2,1-3H3. The highest BCUT2D eigenvalue weighted by molar-refractivity contribution is 5.78. The van der Waals surface area contributed by atoms with Gasteiger partial charge in [0.2, 0.25) is 0 Å². The molecule has 0 unspecified atom stereocenters. The smallest absolute Gasteiger partial charge is 0.130 e. The molecule has 2 nitrogen and oxygen atoms in total. The molecular formula is C18H22O2. The third-order valence-electron chi connectivity index (χ3n) is 3.78. The lowest BCUT2D eigenvalue weighted by atomic mass is 9.94. The van der Waals surface area contributed by atoms with Crippen molar-refractivity contribution in [2.24, 2.45) is 0 Å². The fraction of sp³-hybridized carbons (Fsp3) is 0.333. The summed E-state index contributed by atoms with van der Waals surface area (Å²) in [5.74, 6) is 0.331. The van der Waals surface area contributed by atoms with Crippen molar-refractivity contribution in [1.82, 2.24) is 0 Å². The van der Waals surface area contributed by atoms with Gasteiger partial charge < -0.3 is 10.2 Å². The molecule has 0 atom stereocenters. The van der Waals surface area contributed by atoms with Crippen molar-refractivity contribution in [2.75, 3.05) is 0 Å². The Morgan fingerprint density at radius 1 is 0.800 bits per heavy atom. The highest BCUT2D eigenvalue weighted by Gasteiger charge is 2.14.